The van der Waals surface area contributed by atoms with Gasteiger partial charge >= 0.3 is 12.1 Å². The normalized spacial score (nSPS) is 12.4. The molecule has 29 heavy (non-hydrogen) atoms. The first-order valence-corrected chi connectivity index (χ1v) is 9.75. The molecule has 0 spiro atoms. The van der Waals surface area contributed by atoms with Crippen molar-refractivity contribution in [3.8, 4) is 11.1 Å². The molecule has 0 radical (unpaired) electrons. The van der Waals surface area contributed by atoms with Gasteiger partial charge in [0.05, 0.1) is 12.6 Å². The summed E-state index contributed by atoms with van der Waals surface area (Å²) in [6.07, 6.45) is 2.96. The summed E-state index contributed by atoms with van der Waals surface area (Å²) in [6.45, 7) is 7.46. The van der Waals surface area contributed by atoms with Gasteiger partial charge in [-0.15, -0.1) is 0 Å². The first kappa shape index (κ1) is 22.2. The number of esters is 1. The van der Waals surface area contributed by atoms with Crippen LogP contribution in [0.3, 0.4) is 0 Å². The molecule has 0 fully saturated rings. The number of amides is 1. The van der Waals surface area contributed by atoms with Crippen molar-refractivity contribution in [2.45, 2.75) is 45.8 Å². The molecule has 154 valence electrons. The molecular formula is C24H29NO4. The molecule has 0 saturated carbocycles. The molecule has 0 aromatic heterocycles. The predicted octanol–water partition coefficient (Wildman–Crippen LogP) is 4.91. The minimum absolute atomic E-state index is 0.300. The first-order chi connectivity index (χ1) is 13.8. The maximum Gasteiger partial charge on any atom is 0.408 e. The van der Waals surface area contributed by atoms with E-state index in [4.69, 9.17) is 9.47 Å². The second kappa shape index (κ2) is 10.5. The number of hydrogen-bond acceptors (Lipinski definition) is 4. The van der Waals surface area contributed by atoms with Gasteiger partial charge in [0.25, 0.3) is 0 Å². The SMILES string of the molecule is CCOC(=O)/C=C/C(Cc1ccc(-c2ccccc2)cc1)NC(=O)OC(C)(C)C. The van der Waals surface area contributed by atoms with Crippen LogP contribution in [-0.2, 0) is 20.7 Å². The zero-order chi connectivity index (χ0) is 21.3. The molecule has 5 nitrogen and oxygen atoms in total. The van der Waals surface area contributed by atoms with Gasteiger partial charge in [0.2, 0.25) is 0 Å². The Kier molecular flexibility index (Phi) is 8.01. The maximum atomic E-state index is 12.2. The summed E-state index contributed by atoms with van der Waals surface area (Å²) in [4.78, 5) is 23.8. The van der Waals surface area contributed by atoms with Crippen LogP contribution in [-0.4, -0.2) is 30.3 Å². The first-order valence-electron chi connectivity index (χ1n) is 9.75. The van der Waals surface area contributed by atoms with Gasteiger partial charge in [-0.2, -0.15) is 0 Å². The summed E-state index contributed by atoms with van der Waals surface area (Å²) in [7, 11) is 0. The zero-order valence-corrected chi connectivity index (χ0v) is 17.5. The van der Waals surface area contributed by atoms with Crippen LogP contribution in [0.15, 0.2) is 66.7 Å². The van der Waals surface area contributed by atoms with Crippen molar-refractivity contribution in [1.29, 1.82) is 0 Å². The van der Waals surface area contributed by atoms with Crippen molar-refractivity contribution < 1.29 is 19.1 Å². The van der Waals surface area contributed by atoms with Gasteiger partial charge < -0.3 is 14.8 Å². The Hall–Kier alpha value is -3.08. The fourth-order valence-electron chi connectivity index (χ4n) is 2.73. The van der Waals surface area contributed by atoms with E-state index in [1.54, 1.807) is 33.8 Å². The van der Waals surface area contributed by atoms with Gasteiger partial charge in [-0.1, -0.05) is 60.7 Å². The molecule has 1 unspecified atom stereocenters. The molecule has 1 atom stereocenters. The lowest BCUT2D eigenvalue weighted by atomic mass is 10.0. The third-order valence-electron chi connectivity index (χ3n) is 3.97. The lowest BCUT2D eigenvalue weighted by Crippen LogP contribution is -2.39. The Balaban J connectivity index is 2.11. The average Bonchev–Trinajstić information content (AvgIpc) is 2.66. The number of benzene rings is 2. The van der Waals surface area contributed by atoms with Crippen LogP contribution >= 0.6 is 0 Å². The van der Waals surface area contributed by atoms with Crippen LogP contribution in [0.4, 0.5) is 4.79 Å². The van der Waals surface area contributed by atoms with E-state index in [0.29, 0.717) is 13.0 Å². The molecule has 5 heteroatoms. The highest BCUT2D eigenvalue weighted by Crippen LogP contribution is 2.20. The van der Waals surface area contributed by atoms with Crippen molar-refractivity contribution in [2.75, 3.05) is 6.61 Å². The van der Waals surface area contributed by atoms with Crippen LogP contribution in [0.5, 0.6) is 0 Å². The van der Waals surface area contributed by atoms with Crippen LogP contribution in [0.25, 0.3) is 11.1 Å². The Bertz CT molecular complexity index is 820. The number of nitrogens with one attached hydrogen (secondary N) is 1. The summed E-state index contributed by atoms with van der Waals surface area (Å²) in [5.74, 6) is -0.442. The topological polar surface area (TPSA) is 64.6 Å². The maximum absolute atomic E-state index is 12.2. The van der Waals surface area contributed by atoms with Crippen molar-refractivity contribution in [3.63, 3.8) is 0 Å². The molecule has 2 aromatic rings. The average molecular weight is 395 g/mol. The van der Waals surface area contributed by atoms with E-state index in [2.05, 4.69) is 17.4 Å². The summed E-state index contributed by atoms with van der Waals surface area (Å²) >= 11 is 0. The van der Waals surface area contributed by atoms with Gasteiger partial charge in [0.15, 0.2) is 0 Å². The Morgan fingerprint density at radius 3 is 2.21 bits per heavy atom. The molecule has 0 aliphatic heterocycles. The van der Waals surface area contributed by atoms with Gasteiger partial charge in [0.1, 0.15) is 5.60 Å². The Labute approximate surface area is 172 Å². The van der Waals surface area contributed by atoms with Crippen molar-refractivity contribution >= 4 is 12.1 Å². The third-order valence-corrected chi connectivity index (χ3v) is 3.97. The molecule has 0 heterocycles. The molecule has 2 aromatic carbocycles. The van der Waals surface area contributed by atoms with Gasteiger partial charge in [-0.05, 0) is 50.8 Å². The van der Waals surface area contributed by atoms with Gasteiger partial charge in [-0.25, -0.2) is 9.59 Å². The highest BCUT2D eigenvalue weighted by molar-refractivity contribution is 5.82. The third kappa shape index (κ3) is 8.21. The molecule has 0 saturated heterocycles. The lowest BCUT2D eigenvalue weighted by Gasteiger charge is -2.22. The van der Waals surface area contributed by atoms with Gasteiger partial charge in [-0.3, -0.25) is 0 Å². The van der Waals surface area contributed by atoms with Crippen LogP contribution in [0.2, 0.25) is 0 Å². The molecule has 0 aliphatic rings. The van der Waals surface area contributed by atoms with Crippen LogP contribution in [0.1, 0.15) is 33.3 Å². The van der Waals surface area contributed by atoms with Crippen molar-refractivity contribution in [2.24, 2.45) is 0 Å². The number of rotatable bonds is 7. The quantitative estimate of drug-likeness (QED) is 0.534. The van der Waals surface area contributed by atoms with Crippen LogP contribution < -0.4 is 5.32 Å². The fraction of sp³-hybridized carbons (Fsp3) is 0.333. The second-order valence-electron chi connectivity index (χ2n) is 7.63. The van der Waals surface area contributed by atoms with E-state index in [-0.39, 0.29) is 0 Å². The standard InChI is InChI=1S/C24H29NO4/c1-5-28-22(26)16-15-21(25-23(27)29-24(2,3)4)17-18-11-13-20(14-12-18)19-9-7-6-8-10-19/h6-16,21H,5,17H2,1-4H3,(H,25,27)/b16-15+. The lowest BCUT2D eigenvalue weighted by molar-refractivity contribution is -0.137. The van der Waals surface area contributed by atoms with Crippen molar-refractivity contribution in [1.82, 2.24) is 5.32 Å². The number of hydrogen-bond donors (Lipinski definition) is 1. The largest absolute Gasteiger partial charge is 0.463 e. The monoisotopic (exact) mass is 395 g/mol. The van der Waals surface area contributed by atoms with Gasteiger partial charge in [0, 0.05) is 6.08 Å². The number of carbonyl (C=O) groups is 2. The number of carbonyl (C=O) groups excluding carboxylic acids is 2. The predicted molar refractivity (Wildman–Crippen MR) is 115 cm³/mol. The Morgan fingerprint density at radius 2 is 1.62 bits per heavy atom. The minimum Gasteiger partial charge on any atom is -0.463 e. The van der Waals surface area contributed by atoms with E-state index in [1.165, 1.54) is 6.08 Å². The fourth-order valence-corrected chi connectivity index (χ4v) is 2.73. The van der Waals surface area contributed by atoms with E-state index < -0.39 is 23.7 Å². The van der Waals surface area contributed by atoms with E-state index in [1.807, 2.05) is 42.5 Å². The molecular weight excluding hydrogens is 366 g/mol. The molecule has 1 amide bonds. The summed E-state index contributed by atoms with van der Waals surface area (Å²) in [6, 6.07) is 17.8. The number of ether oxygens (including phenoxy) is 2. The molecule has 1 N–H and O–H groups in total. The Morgan fingerprint density at radius 1 is 1.00 bits per heavy atom. The zero-order valence-electron chi connectivity index (χ0n) is 17.5. The summed E-state index contributed by atoms with van der Waals surface area (Å²) in [5, 5.41) is 2.81. The van der Waals surface area contributed by atoms with Crippen LogP contribution in [0, 0.1) is 0 Å². The molecule has 0 bridgehead atoms. The van der Waals surface area contributed by atoms with Crippen molar-refractivity contribution in [3.05, 3.63) is 72.3 Å². The number of alkyl carbamates (subject to hydrolysis) is 1. The molecule has 0 aliphatic carbocycles. The molecule has 2 rings (SSSR count). The highest BCUT2D eigenvalue weighted by Gasteiger charge is 2.19. The minimum atomic E-state index is -0.600. The second-order valence-corrected chi connectivity index (χ2v) is 7.63. The van der Waals surface area contributed by atoms with E-state index in [0.717, 1.165) is 16.7 Å². The van der Waals surface area contributed by atoms with E-state index >= 15 is 0 Å². The summed E-state index contributed by atoms with van der Waals surface area (Å²) in [5.41, 5.74) is 2.69. The highest BCUT2D eigenvalue weighted by atomic mass is 16.6. The summed E-state index contributed by atoms with van der Waals surface area (Å²) < 4.78 is 10.3. The smallest absolute Gasteiger partial charge is 0.408 e. The van der Waals surface area contributed by atoms with E-state index in [9.17, 15) is 9.59 Å².